The standard InChI is InChI=1S/C24H23ClN2O5/c1-13-14(2)24(30)32-20-8-21(18(25)7-17(13)20)31-12-23(29)26-9-15-6-16(11-26)19-4-3-5-22(28)27(19)10-15/h3-5,7-8,15-16H,6,9-12H2,1-2H3/t15-,16+/m0/s1. The van der Waals surface area contributed by atoms with Crippen LogP contribution in [0.4, 0.5) is 0 Å². The maximum atomic E-state index is 12.9. The molecule has 1 saturated heterocycles. The summed E-state index contributed by atoms with van der Waals surface area (Å²) in [5, 5.41) is 1.09. The average Bonchev–Trinajstić information content (AvgIpc) is 2.77. The lowest BCUT2D eigenvalue weighted by molar-refractivity contribution is -0.136. The molecule has 0 N–H and O–H groups in total. The topological polar surface area (TPSA) is 81.8 Å². The van der Waals surface area contributed by atoms with Crippen LogP contribution < -0.4 is 15.9 Å². The van der Waals surface area contributed by atoms with Gasteiger partial charge < -0.3 is 18.6 Å². The summed E-state index contributed by atoms with van der Waals surface area (Å²) in [5.41, 5.74) is 2.32. The molecule has 2 aromatic heterocycles. The molecule has 166 valence electrons. The Morgan fingerprint density at radius 1 is 1.16 bits per heavy atom. The number of benzene rings is 1. The zero-order chi connectivity index (χ0) is 22.6. The maximum Gasteiger partial charge on any atom is 0.339 e. The Bertz CT molecular complexity index is 1360. The fraction of sp³-hybridized carbons (Fsp3) is 0.375. The first-order valence-electron chi connectivity index (χ1n) is 10.7. The fourth-order valence-electron chi connectivity index (χ4n) is 4.89. The number of carbonyl (C=O) groups excluding carboxylic acids is 1. The summed E-state index contributed by atoms with van der Waals surface area (Å²) in [7, 11) is 0. The molecule has 0 radical (unpaired) electrons. The molecule has 0 saturated carbocycles. The second-order valence-electron chi connectivity index (χ2n) is 8.70. The Labute approximate surface area is 189 Å². The number of amides is 1. The fourth-order valence-corrected chi connectivity index (χ4v) is 5.10. The summed E-state index contributed by atoms with van der Waals surface area (Å²) in [6.07, 6.45) is 0.975. The van der Waals surface area contributed by atoms with E-state index in [4.69, 9.17) is 20.8 Å². The zero-order valence-electron chi connectivity index (χ0n) is 17.9. The van der Waals surface area contributed by atoms with Crippen LogP contribution in [-0.4, -0.2) is 35.1 Å². The minimum Gasteiger partial charge on any atom is -0.482 e. The first-order valence-corrected chi connectivity index (χ1v) is 11.0. The van der Waals surface area contributed by atoms with E-state index in [1.54, 1.807) is 31.2 Å². The molecule has 0 unspecified atom stereocenters. The summed E-state index contributed by atoms with van der Waals surface area (Å²) >= 11 is 6.38. The van der Waals surface area contributed by atoms with E-state index in [9.17, 15) is 14.4 Å². The number of carbonyl (C=O) groups is 1. The molecule has 2 bridgehead atoms. The molecule has 2 atom stereocenters. The number of piperidine rings is 1. The third kappa shape index (κ3) is 3.50. The highest BCUT2D eigenvalue weighted by Gasteiger charge is 2.36. The van der Waals surface area contributed by atoms with E-state index >= 15 is 0 Å². The summed E-state index contributed by atoms with van der Waals surface area (Å²) in [6, 6.07) is 8.59. The SMILES string of the molecule is Cc1c(C)c2cc(Cl)c(OCC(=O)N3C[C@@H]4C[C@H](C3)c3cccc(=O)n3C4)cc2oc1=O. The van der Waals surface area contributed by atoms with Gasteiger partial charge in [-0.3, -0.25) is 9.59 Å². The second-order valence-corrected chi connectivity index (χ2v) is 9.11. The molecular formula is C24H23ClN2O5. The third-order valence-corrected chi connectivity index (χ3v) is 6.99. The highest BCUT2D eigenvalue weighted by Crippen LogP contribution is 2.35. The molecule has 0 spiro atoms. The van der Waals surface area contributed by atoms with E-state index in [1.165, 1.54) is 0 Å². The first kappa shape index (κ1) is 20.8. The maximum absolute atomic E-state index is 12.9. The summed E-state index contributed by atoms with van der Waals surface area (Å²) < 4.78 is 12.9. The van der Waals surface area contributed by atoms with Crippen molar-refractivity contribution in [2.45, 2.75) is 32.7 Å². The highest BCUT2D eigenvalue weighted by molar-refractivity contribution is 6.32. The van der Waals surface area contributed by atoms with Crippen LogP contribution in [-0.2, 0) is 11.3 Å². The average molecular weight is 455 g/mol. The number of hydrogen-bond donors (Lipinski definition) is 0. The Hall–Kier alpha value is -3.06. The predicted octanol–water partition coefficient (Wildman–Crippen LogP) is 3.25. The Balaban J connectivity index is 1.33. The van der Waals surface area contributed by atoms with Gasteiger partial charge in [-0.25, -0.2) is 4.79 Å². The van der Waals surface area contributed by atoms with Crippen LogP contribution in [0.1, 0.15) is 29.2 Å². The van der Waals surface area contributed by atoms with Gasteiger partial charge in [-0.1, -0.05) is 17.7 Å². The third-order valence-electron chi connectivity index (χ3n) is 6.69. The number of hydrogen-bond acceptors (Lipinski definition) is 5. The molecule has 32 heavy (non-hydrogen) atoms. The van der Waals surface area contributed by atoms with E-state index in [-0.39, 0.29) is 29.9 Å². The number of rotatable bonds is 3. The van der Waals surface area contributed by atoms with Crippen LogP contribution in [0.2, 0.25) is 5.02 Å². The van der Waals surface area contributed by atoms with Crippen molar-refractivity contribution in [3.8, 4) is 5.75 Å². The van der Waals surface area contributed by atoms with Gasteiger partial charge in [-0.15, -0.1) is 0 Å². The van der Waals surface area contributed by atoms with Crippen molar-refractivity contribution >= 4 is 28.5 Å². The number of halogens is 1. The first-order chi connectivity index (χ1) is 15.3. The lowest BCUT2D eigenvalue weighted by Gasteiger charge is -2.42. The van der Waals surface area contributed by atoms with E-state index in [1.807, 2.05) is 22.5 Å². The van der Waals surface area contributed by atoms with Crippen LogP contribution in [0.3, 0.4) is 0 Å². The Morgan fingerprint density at radius 2 is 1.97 bits per heavy atom. The molecule has 2 aliphatic rings. The van der Waals surface area contributed by atoms with Crippen LogP contribution in [0.25, 0.3) is 11.0 Å². The molecule has 5 rings (SSSR count). The largest absolute Gasteiger partial charge is 0.482 e. The van der Waals surface area contributed by atoms with Crippen molar-refractivity contribution in [1.82, 2.24) is 9.47 Å². The molecule has 1 fully saturated rings. The molecule has 3 aromatic rings. The lowest BCUT2D eigenvalue weighted by Crippen LogP contribution is -2.50. The molecular weight excluding hydrogens is 432 g/mol. The van der Waals surface area contributed by atoms with Crippen LogP contribution >= 0.6 is 11.6 Å². The van der Waals surface area contributed by atoms with E-state index < -0.39 is 5.63 Å². The van der Waals surface area contributed by atoms with Crippen LogP contribution in [0.15, 0.2) is 44.3 Å². The number of aromatic nitrogens is 1. The van der Waals surface area contributed by atoms with E-state index in [0.717, 1.165) is 23.1 Å². The van der Waals surface area contributed by atoms with Crippen LogP contribution in [0.5, 0.6) is 5.75 Å². The molecule has 4 heterocycles. The molecule has 1 aromatic carbocycles. The minimum atomic E-state index is -0.404. The summed E-state index contributed by atoms with van der Waals surface area (Å²) in [4.78, 5) is 38.9. The summed E-state index contributed by atoms with van der Waals surface area (Å²) in [5.74, 6) is 0.553. The number of pyridine rings is 1. The quantitative estimate of drug-likeness (QED) is 0.567. The summed E-state index contributed by atoms with van der Waals surface area (Å²) in [6.45, 7) is 5.17. The highest BCUT2D eigenvalue weighted by atomic mass is 35.5. The van der Waals surface area contributed by atoms with Gasteiger partial charge in [0.05, 0.1) is 5.02 Å². The lowest BCUT2D eigenvalue weighted by atomic mass is 9.83. The predicted molar refractivity (Wildman–Crippen MR) is 121 cm³/mol. The van der Waals surface area contributed by atoms with Gasteiger partial charge in [0.2, 0.25) is 0 Å². The monoisotopic (exact) mass is 454 g/mol. The molecule has 8 heteroatoms. The normalized spacial score (nSPS) is 19.7. The second kappa shape index (κ2) is 7.81. The van der Waals surface area contributed by atoms with Crippen molar-refractivity contribution in [3.63, 3.8) is 0 Å². The van der Waals surface area contributed by atoms with E-state index in [2.05, 4.69) is 0 Å². The van der Waals surface area contributed by atoms with Crippen molar-refractivity contribution < 1.29 is 13.9 Å². The molecule has 1 amide bonds. The van der Waals surface area contributed by atoms with Gasteiger partial charge in [0.1, 0.15) is 11.3 Å². The molecule has 0 aliphatic carbocycles. The number of ether oxygens (including phenoxy) is 1. The van der Waals surface area contributed by atoms with Gasteiger partial charge in [0.25, 0.3) is 11.5 Å². The molecule has 7 nitrogen and oxygen atoms in total. The zero-order valence-corrected chi connectivity index (χ0v) is 18.6. The minimum absolute atomic E-state index is 0.0170. The van der Waals surface area contributed by atoms with Crippen molar-refractivity contribution in [2.24, 2.45) is 5.92 Å². The molecule has 2 aliphatic heterocycles. The number of fused-ring (bicyclic) bond motifs is 5. The van der Waals surface area contributed by atoms with Gasteiger partial charge >= 0.3 is 5.63 Å². The van der Waals surface area contributed by atoms with Crippen LogP contribution in [0, 0.1) is 19.8 Å². The number of nitrogens with zero attached hydrogens (tertiary/aromatic N) is 2. The van der Waals surface area contributed by atoms with Crippen molar-refractivity contribution in [1.29, 1.82) is 0 Å². The Morgan fingerprint density at radius 3 is 2.78 bits per heavy atom. The smallest absolute Gasteiger partial charge is 0.339 e. The van der Waals surface area contributed by atoms with Gasteiger partial charge in [0, 0.05) is 54.3 Å². The van der Waals surface area contributed by atoms with Gasteiger partial charge in [-0.2, -0.15) is 0 Å². The van der Waals surface area contributed by atoms with Gasteiger partial charge in [-0.05, 0) is 43.9 Å². The number of likely N-dealkylation sites (tertiary alicyclic amines) is 1. The van der Waals surface area contributed by atoms with Crippen molar-refractivity contribution in [3.05, 3.63) is 72.9 Å². The van der Waals surface area contributed by atoms with Crippen molar-refractivity contribution in [2.75, 3.05) is 19.7 Å². The number of aryl methyl sites for hydroxylation is 1. The van der Waals surface area contributed by atoms with Gasteiger partial charge in [0.15, 0.2) is 6.61 Å². The van der Waals surface area contributed by atoms with E-state index in [0.29, 0.717) is 41.6 Å². The Kier molecular flexibility index (Phi) is 5.08.